The predicted octanol–water partition coefficient (Wildman–Crippen LogP) is 5.50. The van der Waals surface area contributed by atoms with Gasteiger partial charge in [-0.25, -0.2) is 4.98 Å². The second kappa shape index (κ2) is 8.75. The summed E-state index contributed by atoms with van der Waals surface area (Å²) in [4.78, 5) is 22.8. The lowest BCUT2D eigenvalue weighted by atomic mass is 9.99. The first-order valence-electron chi connectivity index (χ1n) is 10.6. The van der Waals surface area contributed by atoms with E-state index in [0.29, 0.717) is 16.6 Å². The number of hydrogen-bond acceptors (Lipinski definition) is 3. The van der Waals surface area contributed by atoms with Crippen molar-refractivity contribution in [1.82, 2.24) is 14.8 Å². The van der Waals surface area contributed by atoms with Gasteiger partial charge in [-0.2, -0.15) is 0 Å². The van der Waals surface area contributed by atoms with Crippen LogP contribution in [0.4, 0.5) is 0 Å². The number of carbonyl (C=O) groups excluding carboxylic acids is 1. The monoisotopic (exact) mass is 421 g/mol. The molecule has 3 aromatic rings. The minimum absolute atomic E-state index is 0.0619. The zero-order valence-corrected chi connectivity index (χ0v) is 18.6. The fraction of sp³-hybridized carbons (Fsp3) is 0.360. The van der Waals surface area contributed by atoms with E-state index in [-0.39, 0.29) is 11.9 Å². The van der Waals surface area contributed by atoms with Crippen molar-refractivity contribution in [3.63, 3.8) is 0 Å². The van der Waals surface area contributed by atoms with Crippen LogP contribution in [0.15, 0.2) is 54.6 Å². The fourth-order valence-electron chi connectivity index (χ4n) is 4.27. The van der Waals surface area contributed by atoms with Gasteiger partial charge in [0.2, 0.25) is 0 Å². The van der Waals surface area contributed by atoms with Crippen LogP contribution in [-0.4, -0.2) is 52.9 Å². The lowest BCUT2D eigenvalue weighted by molar-refractivity contribution is 0.0617. The molecule has 1 aliphatic rings. The number of piperidine rings is 1. The smallest absolute Gasteiger partial charge is 0.254 e. The molecule has 0 spiro atoms. The van der Waals surface area contributed by atoms with Crippen LogP contribution in [0.25, 0.3) is 22.2 Å². The number of nitrogens with zero attached hydrogens (tertiary/aromatic N) is 3. The van der Waals surface area contributed by atoms with Gasteiger partial charge in [0.05, 0.1) is 16.8 Å². The predicted molar refractivity (Wildman–Crippen MR) is 124 cm³/mol. The van der Waals surface area contributed by atoms with Gasteiger partial charge in [-0.15, -0.1) is 0 Å². The summed E-state index contributed by atoms with van der Waals surface area (Å²) in [5.74, 6) is 0.0619. The molecule has 1 fully saturated rings. The molecule has 2 heterocycles. The average Bonchev–Trinajstić information content (AvgIpc) is 2.78. The molecule has 1 saturated heterocycles. The minimum Gasteiger partial charge on any atom is -0.339 e. The third-order valence-corrected chi connectivity index (χ3v) is 6.44. The summed E-state index contributed by atoms with van der Waals surface area (Å²) in [6.45, 7) is 6.54. The lowest BCUT2D eigenvalue weighted by Gasteiger charge is -2.38. The fourth-order valence-corrected chi connectivity index (χ4v) is 4.39. The number of hydrogen-bond donors (Lipinski definition) is 0. The number of fused-ring (bicyclic) bond motifs is 1. The van der Waals surface area contributed by atoms with Gasteiger partial charge in [0.25, 0.3) is 5.91 Å². The molecule has 5 heteroatoms. The maximum absolute atomic E-state index is 13.6. The van der Waals surface area contributed by atoms with Crippen LogP contribution in [0.5, 0.6) is 0 Å². The highest BCUT2D eigenvalue weighted by molar-refractivity contribution is 6.30. The Hall–Kier alpha value is -2.43. The summed E-state index contributed by atoms with van der Waals surface area (Å²) >= 11 is 6.05. The number of likely N-dealkylation sites (tertiary alicyclic amines) is 1. The first-order valence-corrected chi connectivity index (χ1v) is 11.0. The molecule has 0 bridgehead atoms. The Morgan fingerprint density at radius 1 is 1.10 bits per heavy atom. The van der Waals surface area contributed by atoms with Crippen molar-refractivity contribution in [2.45, 2.75) is 38.8 Å². The molecule has 1 aliphatic heterocycles. The standard InChI is InChI=1S/C25H28ClN3O/c1-17(2)29-14-12-20(13-15-29)28(3)25(30)22-16-24(18-8-10-19(26)11-9-18)27-23-7-5-4-6-21(22)23/h4-11,16-17,20H,12-15H2,1-3H3. The van der Waals surface area contributed by atoms with Crippen LogP contribution in [-0.2, 0) is 0 Å². The molecular formula is C25H28ClN3O. The van der Waals surface area contributed by atoms with Crippen molar-refractivity contribution in [3.8, 4) is 11.3 Å². The topological polar surface area (TPSA) is 36.4 Å². The first-order chi connectivity index (χ1) is 14.4. The van der Waals surface area contributed by atoms with Gasteiger partial charge in [-0.1, -0.05) is 41.9 Å². The molecule has 4 nitrogen and oxygen atoms in total. The number of pyridine rings is 1. The SMILES string of the molecule is CC(C)N1CCC(N(C)C(=O)c2cc(-c3ccc(Cl)cc3)nc3ccccc23)CC1. The van der Waals surface area contributed by atoms with Crippen LogP contribution in [0, 0.1) is 0 Å². The van der Waals surface area contributed by atoms with Crippen molar-refractivity contribution in [2.24, 2.45) is 0 Å². The zero-order valence-electron chi connectivity index (χ0n) is 17.8. The van der Waals surface area contributed by atoms with E-state index in [1.807, 2.05) is 66.5 Å². The highest BCUT2D eigenvalue weighted by Crippen LogP contribution is 2.28. The molecule has 0 saturated carbocycles. The summed E-state index contributed by atoms with van der Waals surface area (Å²) in [6.07, 6.45) is 2.01. The molecule has 1 amide bonds. The number of para-hydroxylation sites is 1. The second-order valence-electron chi connectivity index (χ2n) is 8.36. The molecule has 0 aliphatic carbocycles. The van der Waals surface area contributed by atoms with Crippen LogP contribution in [0.1, 0.15) is 37.0 Å². The molecule has 2 aromatic carbocycles. The van der Waals surface area contributed by atoms with E-state index >= 15 is 0 Å². The summed E-state index contributed by atoms with van der Waals surface area (Å²) in [7, 11) is 1.94. The summed E-state index contributed by atoms with van der Waals surface area (Å²) in [6, 6.07) is 18.2. The van der Waals surface area contributed by atoms with E-state index < -0.39 is 0 Å². The van der Waals surface area contributed by atoms with E-state index in [1.54, 1.807) is 0 Å². The number of aromatic nitrogens is 1. The van der Waals surface area contributed by atoms with Crippen molar-refractivity contribution in [3.05, 3.63) is 65.2 Å². The van der Waals surface area contributed by atoms with E-state index in [9.17, 15) is 4.79 Å². The lowest BCUT2D eigenvalue weighted by Crippen LogP contribution is -2.47. The van der Waals surface area contributed by atoms with Gasteiger partial charge in [0.15, 0.2) is 0 Å². The van der Waals surface area contributed by atoms with Gasteiger partial charge < -0.3 is 9.80 Å². The largest absolute Gasteiger partial charge is 0.339 e. The number of benzene rings is 2. The Kier molecular flexibility index (Phi) is 6.07. The zero-order chi connectivity index (χ0) is 21.3. The Bertz CT molecular complexity index is 1040. The Labute approximate surface area is 183 Å². The highest BCUT2D eigenvalue weighted by Gasteiger charge is 2.28. The molecule has 4 rings (SSSR count). The third kappa shape index (κ3) is 4.21. The summed E-state index contributed by atoms with van der Waals surface area (Å²) in [5, 5.41) is 1.58. The number of amides is 1. The first kappa shape index (κ1) is 20.8. The molecule has 1 aromatic heterocycles. The van der Waals surface area contributed by atoms with Crippen molar-refractivity contribution in [2.75, 3.05) is 20.1 Å². The van der Waals surface area contributed by atoms with Crippen molar-refractivity contribution < 1.29 is 4.79 Å². The van der Waals surface area contributed by atoms with E-state index in [4.69, 9.17) is 16.6 Å². The molecule has 0 unspecified atom stereocenters. The number of rotatable bonds is 4. The van der Waals surface area contributed by atoms with E-state index in [1.165, 1.54) is 0 Å². The molecule has 0 N–H and O–H groups in total. The van der Waals surface area contributed by atoms with Gasteiger partial charge in [0.1, 0.15) is 0 Å². The van der Waals surface area contributed by atoms with Crippen LogP contribution in [0.3, 0.4) is 0 Å². The number of carbonyl (C=O) groups is 1. The summed E-state index contributed by atoms with van der Waals surface area (Å²) < 4.78 is 0. The number of halogens is 1. The van der Waals surface area contributed by atoms with Gasteiger partial charge in [0, 0.05) is 48.2 Å². The van der Waals surface area contributed by atoms with E-state index in [0.717, 1.165) is 48.1 Å². The van der Waals surface area contributed by atoms with Gasteiger partial charge in [-0.05, 0) is 51.0 Å². The molecule has 156 valence electrons. The molecule has 0 radical (unpaired) electrons. The van der Waals surface area contributed by atoms with Crippen molar-refractivity contribution in [1.29, 1.82) is 0 Å². The van der Waals surface area contributed by atoms with Gasteiger partial charge >= 0.3 is 0 Å². The van der Waals surface area contributed by atoms with Crippen LogP contribution in [0.2, 0.25) is 5.02 Å². The Morgan fingerprint density at radius 3 is 2.43 bits per heavy atom. The summed E-state index contributed by atoms with van der Waals surface area (Å²) in [5.41, 5.74) is 3.28. The normalized spacial score (nSPS) is 15.6. The van der Waals surface area contributed by atoms with Crippen molar-refractivity contribution >= 4 is 28.4 Å². The maximum atomic E-state index is 13.6. The van der Waals surface area contributed by atoms with Gasteiger partial charge in [-0.3, -0.25) is 4.79 Å². The minimum atomic E-state index is 0.0619. The van der Waals surface area contributed by atoms with Crippen LogP contribution < -0.4 is 0 Å². The molecule has 0 atom stereocenters. The molecular weight excluding hydrogens is 394 g/mol. The van der Waals surface area contributed by atoms with E-state index in [2.05, 4.69) is 18.7 Å². The highest BCUT2D eigenvalue weighted by atomic mass is 35.5. The quantitative estimate of drug-likeness (QED) is 0.558. The molecule has 30 heavy (non-hydrogen) atoms. The van der Waals surface area contributed by atoms with Crippen LogP contribution >= 0.6 is 11.6 Å². The second-order valence-corrected chi connectivity index (χ2v) is 8.79. The Morgan fingerprint density at radius 2 is 1.77 bits per heavy atom. The average molecular weight is 422 g/mol. The maximum Gasteiger partial charge on any atom is 0.254 e. The Balaban J connectivity index is 1.67. The third-order valence-electron chi connectivity index (χ3n) is 6.18.